The average molecular weight is 397 g/mol. The fourth-order valence-corrected chi connectivity index (χ4v) is 4.14. The maximum absolute atomic E-state index is 13.0. The highest BCUT2D eigenvalue weighted by Crippen LogP contribution is 2.43. The predicted octanol–water partition coefficient (Wildman–Crippen LogP) is 3.10. The Kier molecular flexibility index (Phi) is 4.20. The third-order valence-electron chi connectivity index (χ3n) is 5.90. The normalized spacial score (nSPS) is 19.1. The minimum absolute atomic E-state index is 0.0783. The second-order valence-corrected chi connectivity index (χ2v) is 8.16. The van der Waals surface area contributed by atoms with Crippen molar-refractivity contribution in [3.05, 3.63) is 42.1 Å². The highest BCUT2D eigenvalue weighted by Gasteiger charge is 2.48. The number of likely N-dealkylation sites (N-methyl/N-ethyl adjacent to an activating group) is 1. The summed E-state index contributed by atoms with van der Waals surface area (Å²) in [5, 5.41) is 5.37. The minimum atomic E-state index is -2.69. The summed E-state index contributed by atoms with van der Waals surface area (Å²) in [5.74, 6) is -3.40. The molecule has 0 saturated heterocycles. The van der Waals surface area contributed by atoms with Crippen LogP contribution in [0, 0.1) is 5.92 Å². The molecule has 29 heavy (non-hydrogen) atoms. The lowest BCUT2D eigenvalue weighted by atomic mass is 9.77. The molecular formula is C21H21F2N5O. The fourth-order valence-electron chi connectivity index (χ4n) is 4.14. The van der Waals surface area contributed by atoms with Crippen molar-refractivity contribution in [2.24, 2.45) is 5.92 Å². The number of carbonyl (C=O) groups excluding carboxylic acids is 1. The van der Waals surface area contributed by atoms with Gasteiger partial charge in [-0.15, -0.1) is 0 Å². The number of hydrogen-bond donors (Lipinski definition) is 0. The van der Waals surface area contributed by atoms with Gasteiger partial charge in [0.2, 0.25) is 5.92 Å². The highest BCUT2D eigenvalue weighted by molar-refractivity contribution is 5.87. The van der Waals surface area contributed by atoms with Crippen molar-refractivity contribution in [2.45, 2.75) is 38.3 Å². The van der Waals surface area contributed by atoms with Gasteiger partial charge in [0.1, 0.15) is 5.78 Å². The number of fused-ring (bicyclic) bond motifs is 2. The van der Waals surface area contributed by atoms with Crippen molar-refractivity contribution >= 4 is 16.7 Å². The van der Waals surface area contributed by atoms with Crippen LogP contribution in [0.15, 0.2) is 30.7 Å². The Bertz CT molecular complexity index is 1100. The van der Waals surface area contributed by atoms with E-state index < -0.39 is 11.8 Å². The largest absolute Gasteiger partial charge is 0.299 e. The van der Waals surface area contributed by atoms with Crippen LogP contribution in [-0.4, -0.2) is 49.9 Å². The molecule has 0 aromatic carbocycles. The van der Waals surface area contributed by atoms with Crippen LogP contribution in [0.1, 0.15) is 24.2 Å². The topological polar surface area (TPSA) is 63.9 Å². The summed E-state index contributed by atoms with van der Waals surface area (Å²) in [5.41, 5.74) is 4.51. The molecule has 1 fully saturated rings. The minimum Gasteiger partial charge on any atom is -0.299 e. The second-order valence-electron chi connectivity index (χ2n) is 8.16. The first-order valence-corrected chi connectivity index (χ1v) is 9.77. The standard InChI is InChI=1S/C21H21F2N5O/c1-27-2-3-28-19(12-27)17(10-26-28)14-4-13-5-16(24-11-18(13)25-9-14)6-20(29)15-7-21(22,23)8-15/h4-5,9-11,15H,2-3,6-8,12H2,1H3. The van der Waals surface area contributed by atoms with Gasteiger partial charge in [-0.05, 0) is 19.2 Å². The Hall–Kier alpha value is -2.74. The molecule has 150 valence electrons. The van der Waals surface area contributed by atoms with E-state index in [4.69, 9.17) is 0 Å². The first-order chi connectivity index (χ1) is 13.9. The molecule has 0 N–H and O–H groups in total. The number of aromatic nitrogens is 4. The lowest BCUT2D eigenvalue weighted by Gasteiger charge is -2.33. The van der Waals surface area contributed by atoms with Crippen LogP contribution in [0.3, 0.4) is 0 Å². The molecule has 3 aromatic rings. The molecule has 0 amide bonds. The molecule has 8 heteroatoms. The van der Waals surface area contributed by atoms with Crippen molar-refractivity contribution in [3.8, 4) is 11.1 Å². The SMILES string of the molecule is CN1CCn2ncc(-c3cnc4cnc(CC(=O)C5CC(F)(F)C5)cc4c3)c2C1. The Balaban J connectivity index is 1.42. The lowest BCUT2D eigenvalue weighted by molar-refractivity contribution is -0.147. The van der Waals surface area contributed by atoms with Crippen molar-refractivity contribution in [1.82, 2.24) is 24.6 Å². The smallest absolute Gasteiger partial charge is 0.249 e. The average Bonchev–Trinajstić information content (AvgIpc) is 3.08. The number of halogens is 2. The number of pyridine rings is 2. The third-order valence-corrected chi connectivity index (χ3v) is 5.90. The summed E-state index contributed by atoms with van der Waals surface area (Å²) < 4.78 is 28.1. The second kappa shape index (κ2) is 6.66. The lowest BCUT2D eigenvalue weighted by Crippen LogP contribution is -2.40. The van der Waals surface area contributed by atoms with Gasteiger partial charge in [-0.3, -0.25) is 24.3 Å². The summed E-state index contributed by atoms with van der Waals surface area (Å²) in [4.78, 5) is 23.3. The molecule has 0 unspecified atom stereocenters. The van der Waals surface area contributed by atoms with E-state index in [9.17, 15) is 13.6 Å². The number of hydrogen-bond acceptors (Lipinski definition) is 5. The zero-order chi connectivity index (χ0) is 20.2. The molecular weight excluding hydrogens is 376 g/mol. The van der Waals surface area contributed by atoms with Gasteiger partial charge in [0.15, 0.2) is 0 Å². The Morgan fingerprint density at radius 2 is 2.00 bits per heavy atom. The molecule has 4 heterocycles. The number of carbonyl (C=O) groups is 1. The van der Waals surface area contributed by atoms with E-state index in [1.165, 1.54) is 0 Å². The van der Waals surface area contributed by atoms with Crippen molar-refractivity contribution in [1.29, 1.82) is 0 Å². The summed E-state index contributed by atoms with van der Waals surface area (Å²) in [6.45, 7) is 2.67. The van der Waals surface area contributed by atoms with Gasteiger partial charge in [0.25, 0.3) is 0 Å². The Morgan fingerprint density at radius 1 is 1.17 bits per heavy atom. The van der Waals surface area contributed by atoms with E-state index in [1.807, 2.05) is 29.2 Å². The molecule has 2 aliphatic rings. The third kappa shape index (κ3) is 3.42. The summed E-state index contributed by atoms with van der Waals surface area (Å²) >= 11 is 0. The maximum atomic E-state index is 13.0. The van der Waals surface area contributed by atoms with Crippen LogP contribution in [-0.2, 0) is 24.3 Å². The van der Waals surface area contributed by atoms with E-state index in [2.05, 4.69) is 27.0 Å². The molecule has 3 aromatic heterocycles. The molecule has 5 rings (SSSR count). The predicted molar refractivity (Wildman–Crippen MR) is 103 cm³/mol. The monoisotopic (exact) mass is 397 g/mol. The van der Waals surface area contributed by atoms with Gasteiger partial charge in [0, 0.05) is 66.7 Å². The number of Topliss-reactive ketones (excluding diaryl/α,β-unsaturated/α-hetero) is 1. The molecule has 1 aliphatic heterocycles. The summed E-state index contributed by atoms with van der Waals surface area (Å²) in [7, 11) is 2.09. The van der Waals surface area contributed by atoms with Gasteiger partial charge in [-0.1, -0.05) is 0 Å². The molecule has 1 saturated carbocycles. The Morgan fingerprint density at radius 3 is 2.79 bits per heavy atom. The van der Waals surface area contributed by atoms with Crippen LogP contribution in [0.2, 0.25) is 0 Å². The van der Waals surface area contributed by atoms with E-state index >= 15 is 0 Å². The molecule has 0 spiro atoms. The zero-order valence-corrected chi connectivity index (χ0v) is 16.1. The van der Waals surface area contributed by atoms with E-state index in [1.54, 1.807) is 6.20 Å². The van der Waals surface area contributed by atoms with Gasteiger partial charge in [-0.2, -0.15) is 5.10 Å². The maximum Gasteiger partial charge on any atom is 0.249 e. The fraction of sp³-hybridized carbons (Fsp3) is 0.429. The molecule has 6 nitrogen and oxygen atoms in total. The van der Waals surface area contributed by atoms with Crippen LogP contribution in [0.4, 0.5) is 8.78 Å². The zero-order valence-electron chi connectivity index (χ0n) is 16.1. The highest BCUT2D eigenvalue weighted by atomic mass is 19.3. The number of alkyl halides is 2. The van der Waals surface area contributed by atoms with E-state index in [0.717, 1.165) is 47.4 Å². The van der Waals surface area contributed by atoms with E-state index in [0.29, 0.717) is 5.69 Å². The quantitative estimate of drug-likeness (QED) is 0.677. The molecule has 0 radical (unpaired) electrons. The number of nitrogens with zero attached hydrogens (tertiary/aromatic N) is 5. The Labute approximate surface area is 166 Å². The van der Waals surface area contributed by atoms with E-state index in [-0.39, 0.29) is 25.0 Å². The number of ketones is 1. The first kappa shape index (κ1) is 18.3. The molecule has 0 atom stereocenters. The van der Waals surface area contributed by atoms with Gasteiger partial charge in [0.05, 0.1) is 30.1 Å². The van der Waals surface area contributed by atoms with Crippen LogP contribution >= 0.6 is 0 Å². The van der Waals surface area contributed by atoms with Crippen LogP contribution in [0.5, 0.6) is 0 Å². The van der Waals surface area contributed by atoms with Crippen molar-refractivity contribution < 1.29 is 13.6 Å². The van der Waals surface area contributed by atoms with Gasteiger partial charge < -0.3 is 0 Å². The van der Waals surface area contributed by atoms with Gasteiger partial charge >= 0.3 is 0 Å². The van der Waals surface area contributed by atoms with Gasteiger partial charge in [-0.25, -0.2) is 8.78 Å². The number of rotatable bonds is 4. The van der Waals surface area contributed by atoms with Crippen molar-refractivity contribution in [2.75, 3.05) is 13.6 Å². The van der Waals surface area contributed by atoms with Crippen LogP contribution < -0.4 is 0 Å². The van der Waals surface area contributed by atoms with Crippen molar-refractivity contribution in [3.63, 3.8) is 0 Å². The van der Waals surface area contributed by atoms with Crippen LogP contribution in [0.25, 0.3) is 22.0 Å². The summed E-state index contributed by atoms with van der Waals surface area (Å²) in [6, 6.07) is 3.87. The molecule has 0 bridgehead atoms. The molecule has 1 aliphatic carbocycles. The first-order valence-electron chi connectivity index (χ1n) is 9.77. The summed E-state index contributed by atoms with van der Waals surface area (Å²) in [6.07, 6.45) is 4.73.